The third-order valence-corrected chi connectivity index (χ3v) is 2.30. The fourth-order valence-corrected chi connectivity index (χ4v) is 1.95. The van der Waals surface area contributed by atoms with E-state index in [1.54, 1.807) is 0 Å². The maximum absolute atomic E-state index is 10.5. The van der Waals surface area contributed by atoms with Crippen LogP contribution in [-0.4, -0.2) is 23.8 Å². The van der Waals surface area contributed by atoms with E-state index in [1.807, 2.05) is 0 Å². The predicted molar refractivity (Wildman–Crippen MR) is 55.0 cm³/mol. The van der Waals surface area contributed by atoms with E-state index in [2.05, 4.69) is 26.1 Å². The molecule has 1 aliphatic carbocycles. The largest absolute Gasteiger partial charge is 0.446 e. The van der Waals surface area contributed by atoms with E-state index in [9.17, 15) is 4.79 Å². The average Bonchev–Trinajstić information content (AvgIpc) is 2.30. The zero-order chi connectivity index (χ0) is 10.8. The monoisotopic (exact) mass is 200 g/mol. The second-order valence-corrected chi connectivity index (χ2v) is 4.96. The van der Waals surface area contributed by atoms with Crippen LogP contribution in [-0.2, 0) is 4.74 Å². The highest BCUT2D eigenvalue weighted by atomic mass is 16.6. The molecule has 1 amide bonds. The molecule has 1 aliphatic rings. The Morgan fingerprint density at radius 1 is 1.43 bits per heavy atom. The summed E-state index contributed by atoms with van der Waals surface area (Å²) in [6.07, 6.45) is 2.19. The summed E-state index contributed by atoms with van der Waals surface area (Å²) in [6, 6.07) is 0.444. The van der Waals surface area contributed by atoms with Crippen LogP contribution in [0.2, 0.25) is 0 Å². The van der Waals surface area contributed by atoms with Crippen LogP contribution in [0.1, 0.15) is 40.0 Å². The van der Waals surface area contributed by atoms with Crippen molar-refractivity contribution in [2.24, 2.45) is 5.73 Å². The topological polar surface area (TPSA) is 64.3 Å². The van der Waals surface area contributed by atoms with Crippen molar-refractivity contribution in [1.82, 2.24) is 5.32 Å². The number of hydrogen-bond donors (Lipinski definition) is 2. The molecule has 1 fully saturated rings. The molecule has 82 valence electrons. The molecule has 0 aromatic rings. The first-order valence-electron chi connectivity index (χ1n) is 5.10. The molecule has 0 heterocycles. The Balaban J connectivity index is 2.31. The lowest BCUT2D eigenvalue weighted by molar-refractivity contribution is 0.108. The lowest BCUT2D eigenvalue weighted by atomic mass is 10.1. The minimum Gasteiger partial charge on any atom is -0.446 e. The number of carbonyl (C=O) groups excluding carboxylic acids is 1. The molecular weight excluding hydrogens is 180 g/mol. The number of ether oxygens (including phenoxy) is 1. The fourth-order valence-electron chi connectivity index (χ4n) is 1.95. The quantitative estimate of drug-likeness (QED) is 0.708. The summed E-state index contributed by atoms with van der Waals surface area (Å²) in [5.41, 5.74) is 5.08. The molecule has 0 aliphatic heterocycles. The molecule has 1 saturated carbocycles. The van der Waals surface area contributed by atoms with Crippen LogP contribution in [0.5, 0.6) is 0 Å². The summed E-state index contributed by atoms with van der Waals surface area (Å²) in [4.78, 5) is 10.5. The molecule has 0 radical (unpaired) electrons. The summed E-state index contributed by atoms with van der Waals surface area (Å²) in [5.74, 6) is 0. The molecule has 14 heavy (non-hydrogen) atoms. The predicted octanol–water partition coefficient (Wildman–Crippen LogP) is 1.39. The standard InChI is InChI=1S/C10H20N2O2/c1-10(2,3)12-7-4-5-8(6-7)14-9(11)13/h7-8,12H,4-6H2,1-3H3,(H2,11,13). The number of carbonyl (C=O) groups is 1. The molecular formula is C10H20N2O2. The van der Waals surface area contributed by atoms with Gasteiger partial charge in [0.05, 0.1) is 0 Å². The Morgan fingerprint density at radius 3 is 2.57 bits per heavy atom. The van der Waals surface area contributed by atoms with Crippen molar-refractivity contribution in [3.63, 3.8) is 0 Å². The SMILES string of the molecule is CC(C)(C)NC1CCC(OC(N)=O)C1. The minimum atomic E-state index is -0.661. The van der Waals surface area contributed by atoms with Gasteiger partial charge in [-0.2, -0.15) is 0 Å². The summed E-state index contributed by atoms with van der Waals surface area (Å²) in [6.45, 7) is 6.40. The van der Waals surface area contributed by atoms with Crippen LogP contribution in [0.4, 0.5) is 4.79 Å². The van der Waals surface area contributed by atoms with Gasteiger partial charge in [0.25, 0.3) is 0 Å². The van der Waals surface area contributed by atoms with Gasteiger partial charge < -0.3 is 15.8 Å². The molecule has 1 rings (SSSR count). The fraction of sp³-hybridized carbons (Fsp3) is 0.900. The molecule has 3 N–H and O–H groups in total. The van der Waals surface area contributed by atoms with Crippen LogP contribution in [0.3, 0.4) is 0 Å². The molecule has 2 atom stereocenters. The van der Waals surface area contributed by atoms with Gasteiger partial charge in [-0.1, -0.05) is 0 Å². The Hall–Kier alpha value is -0.770. The van der Waals surface area contributed by atoms with Crippen LogP contribution in [0.15, 0.2) is 0 Å². The normalized spacial score (nSPS) is 27.6. The number of nitrogens with two attached hydrogens (primary N) is 1. The highest BCUT2D eigenvalue weighted by Crippen LogP contribution is 2.23. The van der Waals surface area contributed by atoms with Crippen LogP contribution < -0.4 is 11.1 Å². The Morgan fingerprint density at radius 2 is 2.07 bits per heavy atom. The van der Waals surface area contributed by atoms with Gasteiger partial charge in [-0.3, -0.25) is 0 Å². The number of amides is 1. The second-order valence-electron chi connectivity index (χ2n) is 4.96. The van der Waals surface area contributed by atoms with Crippen molar-refractivity contribution in [2.45, 2.75) is 57.7 Å². The van der Waals surface area contributed by atoms with E-state index in [1.165, 1.54) is 0 Å². The second kappa shape index (κ2) is 4.17. The third-order valence-electron chi connectivity index (χ3n) is 2.30. The highest BCUT2D eigenvalue weighted by Gasteiger charge is 2.29. The molecule has 0 bridgehead atoms. The molecule has 2 unspecified atom stereocenters. The average molecular weight is 200 g/mol. The molecule has 4 heteroatoms. The van der Waals surface area contributed by atoms with E-state index in [4.69, 9.17) is 10.5 Å². The Bertz CT molecular complexity index is 211. The van der Waals surface area contributed by atoms with Crippen molar-refractivity contribution < 1.29 is 9.53 Å². The lowest BCUT2D eigenvalue weighted by Gasteiger charge is -2.25. The van der Waals surface area contributed by atoms with Gasteiger partial charge in [-0.25, -0.2) is 4.79 Å². The number of hydrogen-bond acceptors (Lipinski definition) is 3. The smallest absolute Gasteiger partial charge is 0.404 e. The zero-order valence-electron chi connectivity index (χ0n) is 9.17. The van der Waals surface area contributed by atoms with Crippen LogP contribution in [0, 0.1) is 0 Å². The van der Waals surface area contributed by atoms with Crippen LogP contribution in [0.25, 0.3) is 0 Å². The third kappa shape index (κ3) is 3.96. The molecule has 0 saturated heterocycles. The lowest BCUT2D eigenvalue weighted by Crippen LogP contribution is -2.42. The van der Waals surface area contributed by atoms with Gasteiger partial charge in [0.2, 0.25) is 0 Å². The summed E-state index contributed by atoms with van der Waals surface area (Å²) < 4.78 is 4.95. The summed E-state index contributed by atoms with van der Waals surface area (Å²) >= 11 is 0. The van der Waals surface area contributed by atoms with Gasteiger partial charge in [-0.05, 0) is 40.0 Å². The summed E-state index contributed by atoms with van der Waals surface area (Å²) in [7, 11) is 0. The number of primary amides is 1. The van der Waals surface area contributed by atoms with Crippen molar-refractivity contribution in [3.8, 4) is 0 Å². The molecule has 0 aromatic carbocycles. The van der Waals surface area contributed by atoms with Crippen LogP contribution >= 0.6 is 0 Å². The van der Waals surface area contributed by atoms with Crippen molar-refractivity contribution >= 4 is 6.09 Å². The van der Waals surface area contributed by atoms with Crippen molar-refractivity contribution in [1.29, 1.82) is 0 Å². The first-order valence-corrected chi connectivity index (χ1v) is 5.10. The Labute approximate surface area is 85.2 Å². The van der Waals surface area contributed by atoms with Gasteiger partial charge in [-0.15, -0.1) is 0 Å². The Kier molecular flexibility index (Phi) is 3.37. The van der Waals surface area contributed by atoms with E-state index >= 15 is 0 Å². The minimum absolute atomic E-state index is 0.00681. The number of nitrogens with one attached hydrogen (secondary N) is 1. The van der Waals surface area contributed by atoms with Gasteiger partial charge >= 0.3 is 6.09 Å². The highest BCUT2D eigenvalue weighted by molar-refractivity contribution is 5.64. The van der Waals surface area contributed by atoms with E-state index in [0.717, 1.165) is 19.3 Å². The van der Waals surface area contributed by atoms with Crippen molar-refractivity contribution in [2.75, 3.05) is 0 Å². The number of rotatable bonds is 2. The van der Waals surface area contributed by atoms with Crippen molar-refractivity contribution in [3.05, 3.63) is 0 Å². The zero-order valence-corrected chi connectivity index (χ0v) is 9.17. The first-order chi connectivity index (χ1) is 6.37. The molecule has 4 nitrogen and oxygen atoms in total. The van der Waals surface area contributed by atoms with E-state index < -0.39 is 6.09 Å². The molecule has 0 spiro atoms. The molecule has 0 aromatic heterocycles. The van der Waals surface area contributed by atoms with Gasteiger partial charge in [0.1, 0.15) is 6.10 Å². The van der Waals surface area contributed by atoms with Gasteiger partial charge in [0, 0.05) is 11.6 Å². The van der Waals surface area contributed by atoms with E-state index in [0.29, 0.717) is 6.04 Å². The van der Waals surface area contributed by atoms with Gasteiger partial charge in [0.15, 0.2) is 0 Å². The maximum atomic E-state index is 10.5. The summed E-state index contributed by atoms with van der Waals surface area (Å²) in [5, 5.41) is 3.49. The van der Waals surface area contributed by atoms with E-state index in [-0.39, 0.29) is 11.6 Å². The first kappa shape index (κ1) is 11.3. The maximum Gasteiger partial charge on any atom is 0.404 e.